The van der Waals surface area contributed by atoms with Crippen LogP contribution in [0.25, 0.3) is 0 Å². The maximum atomic E-state index is 10.4. The Kier molecular flexibility index (Phi) is 5.12. The molecule has 0 unspecified atom stereocenters. The van der Waals surface area contributed by atoms with Gasteiger partial charge in [-0.2, -0.15) is 0 Å². The summed E-state index contributed by atoms with van der Waals surface area (Å²) in [5.74, 6) is -0.872. The van der Waals surface area contributed by atoms with Crippen molar-refractivity contribution in [1.29, 1.82) is 0 Å². The van der Waals surface area contributed by atoms with Crippen LogP contribution >= 0.6 is 0 Å². The summed E-state index contributed by atoms with van der Waals surface area (Å²) in [7, 11) is 0. The van der Waals surface area contributed by atoms with E-state index in [1.807, 2.05) is 13.0 Å². The molecule has 11 heavy (non-hydrogen) atoms. The fraction of sp³-hybridized carbons (Fsp3) is 0.125. The molecule has 1 rings (SSSR count). The van der Waals surface area contributed by atoms with Crippen molar-refractivity contribution in [3.8, 4) is 0 Å². The molecular formula is C8H10BaO2. The van der Waals surface area contributed by atoms with E-state index in [-0.39, 0.29) is 51.7 Å². The first-order chi connectivity index (χ1) is 4.70. The van der Waals surface area contributed by atoms with Crippen LogP contribution in [0.1, 0.15) is 18.8 Å². The molecule has 0 fully saturated rings. The first-order valence-corrected chi connectivity index (χ1v) is 3.00. The standard InChI is InChI=1S/C8H8O2.Ba.2H/c1-6-3-2-4-7(5-6)8(9)10;;;/h2-5H,1H3,(H,9,10);;;/q;+2;2*-1. The Bertz CT molecular complexity index is 266. The summed E-state index contributed by atoms with van der Waals surface area (Å²) in [4.78, 5) is 10.4. The van der Waals surface area contributed by atoms with Crippen molar-refractivity contribution in [2.24, 2.45) is 0 Å². The quantitative estimate of drug-likeness (QED) is 0.790. The number of carboxylic acids is 1. The Morgan fingerprint density at radius 3 is 2.55 bits per heavy atom. The molecule has 0 aliphatic carbocycles. The molecule has 3 heteroatoms. The molecular weight excluding hydrogens is 265 g/mol. The summed E-state index contributed by atoms with van der Waals surface area (Å²) in [6, 6.07) is 6.82. The second-order valence-corrected chi connectivity index (χ2v) is 2.17. The molecule has 1 N–H and O–H groups in total. The van der Waals surface area contributed by atoms with E-state index in [4.69, 9.17) is 5.11 Å². The van der Waals surface area contributed by atoms with Gasteiger partial charge in [0, 0.05) is 0 Å². The van der Waals surface area contributed by atoms with E-state index in [9.17, 15) is 4.79 Å². The zero-order chi connectivity index (χ0) is 7.56. The average molecular weight is 275 g/mol. The van der Waals surface area contributed by atoms with Crippen LogP contribution in [-0.4, -0.2) is 60.0 Å². The second-order valence-electron chi connectivity index (χ2n) is 2.17. The average Bonchev–Trinajstić information content (AvgIpc) is 1.88. The maximum absolute atomic E-state index is 10.4. The molecule has 0 amide bonds. The molecule has 0 saturated carbocycles. The second kappa shape index (κ2) is 5.00. The van der Waals surface area contributed by atoms with E-state index < -0.39 is 5.97 Å². The van der Waals surface area contributed by atoms with Gasteiger partial charge in [-0.25, -0.2) is 4.79 Å². The minimum Gasteiger partial charge on any atom is -1.00 e. The van der Waals surface area contributed by atoms with Gasteiger partial charge in [0.2, 0.25) is 0 Å². The molecule has 1 aromatic carbocycles. The summed E-state index contributed by atoms with van der Waals surface area (Å²) in [6.07, 6.45) is 0. The third-order valence-electron chi connectivity index (χ3n) is 1.27. The predicted octanol–water partition coefficient (Wildman–Crippen LogP) is 1.54. The van der Waals surface area contributed by atoms with Crippen LogP contribution in [0.5, 0.6) is 0 Å². The molecule has 0 bridgehead atoms. The van der Waals surface area contributed by atoms with Gasteiger partial charge in [-0.15, -0.1) is 0 Å². The van der Waals surface area contributed by atoms with E-state index >= 15 is 0 Å². The van der Waals surface area contributed by atoms with Gasteiger partial charge in [0.05, 0.1) is 5.56 Å². The summed E-state index contributed by atoms with van der Waals surface area (Å²) in [5.41, 5.74) is 1.32. The normalized spacial score (nSPS) is 8.45. The van der Waals surface area contributed by atoms with Crippen LogP contribution in [0.3, 0.4) is 0 Å². The van der Waals surface area contributed by atoms with Gasteiger partial charge >= 0.3 is 54.9 Å². The number of hydrogen-bond acceptors (Lipinski definition) is 1. The summed E-state index contributed by atoms with van der Waals surface area (Å²) in [6.45, 7) is 1.87. The predicted molar refractivity (Wildman–Crippen MR) is 46.1 cm³/mol. The molecule has 0 aromatic heterocycles. The van der Waals surface area contributed by atoms with Gasteiger partial charge in [-0.1, -0.05) is 17.7 Å². The number of carbonyl (C=O) groups is 1. The molecule has 1 aromatic rings. The van der Waals surface area contributed by atoms with Crippen molar-refractivity contribution in [2.75, 3.05) is 0 Å². The van der Waals surface area contributed by atoms with Crippen LogP contribution in [0.4, 0.5) is 0 Å². The van der Waals surface area contributed by atoms with Gasteiger partial charge in [-0.3, -0.25) is 0 Å². The van der Waals surface area contributed by atoms with Crippen molar-refractivity contribution < 1.29 is 12.8 Å². The van der Waals surface area contributed by atoms with Crippen LogP contribution in [0, 0.1) is 6.92 Å². The van der Waals surface area contributed by atoms with Crippen LogP contribution in [0.15, 0.2) is 24.3 Å². The minimum atomic E-state index is -0.872. The molecule has 0 atom stereocenters. The Balaban J connectivity index is -0.000000333. The van der Waals surface area contributed by atoms with Crippen LogP contribution in [-0.2, 0) is 0 Å². The molecule has 0 heterocycles. The fourth-order valence-electron chi connectivity index (χ4n) is 0.778. The first kappa shape index (κ1) is 11.3. The van der Waals surface area contributed by atoms with Crippen molar-refractivity contribution in [1.82, 2.24) is 0 Å². The third-order valence-corrected chi connectivity index (χ3v) is 1.27. The first-order valence-electron chi connectivity index (χ1n) is 3.00. The summed E-state index contributed by atoms with van der Waals surface area (Å²) < 4.78 is 0. The molecule has 0 saturated heterocycles. The molecule has 0 spiro atoms. The third kappa shape index (κ3) is 3.44. The monoisotopic (exact) mass is 276 g/mol. The van der Waals surface area contributed by atoms with Gasteiger partial charge in [0.15, 0.2) is 0 Å². The van der Waals surface area contributed by atoms with Crippen molar-refractivity contribution in [3.05, 3.63) is 35.4 Å². The largest absolute Gasteiger partial charge is 2.00 e. The van der Waals surface area contributed by atoms with Crippen LogP contribution in [0.2, 0.25) is 0 Å². The zero-order valence-electron chi connectivity index (χ0n) is 8.37. The van der Waals surface area contributed by atoms with E-state index in [2.05, 4.69) is 0 Å². The van der Waals surface area contributed by atoms with E-state index in [0.717, 1.165) is 5.56 Å². The number of aryl methyl sites for hydroxylation is 1. The molecule has 2 nitrogen and oxygen atoms in total. The zero-order valence-corrected chi connectivity index (χ0v) is 10.8. The smallest absolute Gasteiger partial charge is 1.00 e. The molecule has 0 aliphatic heterocycles. The number of benzene rings is 1. The Labute approximate surface area is 109 Å². The molecule has 56 valence electrons. The molecule has 0 radical (unpaired) electrons. The summed E-state index contributed by atoms with van der Waals surface area (Å²) >= 11 is 0. The SMILES string of the molecule is Cc1cccc(C(=O)O)c1.[Ba+2].[H-].[H-]. The Morgan fingerprint density at radius 2 is 2.18 bits per heavy atom. The Morgan fingerprint density at radius 1 is 1.55 bits per heavy atom. The van der Waals surface area contributed by atoms with Crippen molar-refractivity contribution in [3.63, 3.8) is 0 Å². The number of aromatic carboxylic acids is 1. The maximum Gasteiger partial charge on any atom is 2.00 e. The van der Waals surface area contributed by atoms with E-state index in [0.29, 0.717) is 5.56 Å². The van der Waals surface area contributed by atoms with Crippen molar-refractivity contribution >= 4 is 54.9 Å². The molecule has 0 aliphatic rings. The number of carboxylic acid groups (broad SMARTS) is 1. The van der Waals surface area contributed by atoms with Crippen molar-refractivity contribution in [2.45, 2.75) is 6.92 Å². The number of hydrogen-bond donors (Lipinski definition) is 1. The van der Waals surface area contributed by atoms with E-state index in [1.54, 1.807) is 18.2 Å². The van der Waals surface area contributed by atoms with E-state index in [1.165, 1.54) is 0 Å². The minimum absolute atomic E-state index is 0. The number of rotatable bonds is 1. The van der Waals surface area contributed by atoms with Gasteiger partial charge in [0.1, 0.15) is 0 Å². The van der Waals surface area contributed by atoms with Gasteiger partial charge in [0.25, 0.3) is 0 Å². The topological polar surface area (TPSA) is 37.3 Å². The fourth-order valence-corrected chi connectivity index (χ4v) is 0.778. The van der Waals surface area contributed by atoms with Gasteiger partial charge in [-0.05, 0) is 19.1 Å². The Hall–Kier alpha value is 0.261. The summed E-state index contributed by atoms with van der Waals surface area (Å²) in [5, 5.41) is 8.51. The van der Waals surface area contributed by atoms with Gasteiger partial charge < -0.3 is 7.96 Å². The van der Waals surface area contributed by atoms with Crippen LogP contribution < -0.4 is 0 Å².